The molecule has 104 heavy (non-hydrogen) atoms. The minimum Gasteiger partial charge on any atom is -0.252 e. The van der Waals surface area contributed by atoms with Gasteiger partial charge in [-0.25, -0.2) is 0 Å². The van der Waals surface area contributed by atoms with E-state index in [1.54, 1.807) is 0 Å². The minimum atomic E-state index is -0.212. The number of benzene rings is 3. The second-order valence-corrected chi connectivity index (χ2v) is 30.9. The zero-order valence-corrected chi connectivity index (χ0v) is 65.1. The predicted octanol–water partition coefficient (Wildman–Crippen LogP) is 22.7. The number of aromatic nitrogens is 18. The van der Waals surface area contributed by atoms with Gasteiger partial charge in [0.2, 0.25) is 0 Å². The van der Waals surface area contributed by atoms with E-state index in [9.17, 15) is 0 Å². The molecular formula is C86H128N18. The first kappa shape index (κ1) is 77.6. The zero-order chi connectivity index (χ0) is 71.9. The van der Waals surface area contributed by atoms with Crippen molar-refractivity contribution in [3.8, 4) is 67.5 Å². The molecule has 0 unspecified atom stereocenters. The molecule has 18 nitrogen and oxygen atoms in total. The quantitative estimate of drug-likeness (QED) is 0.0329. The second-order valence-electron chi connectivity index (χ2n) is 30.9. The van der Waals surface area contributed by atoms with Crippen LogP contribution in [0, 0.1) is 0 Å². The first-order valence-electron chi connectivity index (χ1n) is 42.4. The number of rotatable bonds is 54. The summed E-state index contributed by atoms with van der Waals surface area (Å²) >= 11 is 0. The average Bonchev–Trinajstić information content (AvgIpc) is 0.841. The molecular weight excluding hydrogens is 1290 g/mol. The molecule has 0 saturated carbocycles. The summed E-state index contributed by atoms with van der Waals surface area (Å²) in [5.41, 5.74) is 18.6. The third kappa shape index (κ3) is 21.4. The number of unbranched alkanes of at least 4 members (excludes halogenated alkanes) is 36. The molecule has 0 amide bonds. The maximum absolute atomic E-state index is 5.07. The van der Waals surface area contributed by atoms with Gasteiger partial charge in [0.25, 0.3) is 0 Å². The summed E-state index contributed by atoms with van der Waals surface area (Å²) in [5.74, 6) is -0.425. The number of hydrogen-bond donors (Lipinski definition) is 0. The highest BCUT2D eigenvalue weighted by Gasteiger charge is 2.44. The molecule has 0 aliphatic heterocycles. The lowest BCUT2D eigenvalue weighted by atomic mass is 9.59. The van der Waals surface area contributed by atoms with Crippen LogP contribution in [0.1, 0.15) is 356 Å². The molecule has 18 heteroatoms. The van der Waals surface area contributed by atoms with Crippen LogP contribution in [0.25, 0.3) is 67.5 Å². The van der Waals surface area contributed by atoms with Crippen molar-refractivity contribution in [2.24, 2.45) is 0 Å². The molecule has 6 heterocycles. The van der Waals surface area contributed by atoms with Crippen molar-refractivity contribution in [3.63, 3.8) is 0 Å². The molecule has 562 valence electrons. The number of hydrogen-bond acceptors (Lipinski definition) is 12. The molecule has 3 aliphatic rings. The average molecular weight is 1410 g/mol. The molecule has 0 saturated heterocycles. The summed E-state index contributed by atoms with van der Waals surface area (Å²) in [6.45, 7) is 18.7. The van der Waals surface area contributed by atoms with Crippen LogP contribution in [0.2, 0.25) is 0 Å². The Morgan fingerprint density at radius 2 is 0.327 bits per heavy atom. The fraction of sp³-hybridized carbons (Fsp3) is 0.651. The normalized spacial score (nSPS) is 13.8. The van der Waals surface area contributed by atoms with E-state index < -0.39 is 0 Å². The Bertz CT molecular complexity index is 3300. The molecule has 3 aliphatic carbocycles. The molecule has 2 bridgehead atoms. The summed E-state index contributed by atoms with van der Waals surface area (Å²) < 4.78 is 12.4. The summed E-state index contributed by atoms with van der Waals surface area (Å²) in [4.78, 5) is 0. The highest BCUT2D eigenvalue weighted by atomic mass is 15.4. The van der Waals surface area contributed by atoms with E-state index in [4.69, 9.17) is 61.9 Å². The first-order valence-corrected chi connectivity index (χ1v) is 42.4. The van der Waals surface area contributed by atoms with E-state index in [0.29, 0.717) is 0 Å². The minimum absolute atomic E-state index is 0.212. The van der Waals surface area contributed by atoms with E-state index in [-0.39, 0.29) is 11.8 Å². The fourth-order valence-electron chi connectivity index (χ4n) is 16.2. The van der Waals surface area contributed by atoms with E-state index >= 15 is 0 Å². The molecule has 3 aromatic carbocycles. The van der Waals surface area contributed by atoms with E-state index in [2.05, 4.69) is 143 Å². The van der Waals surface area contributed by atoms with Crippen LogP contribution in [0.3, 0.4) is 0 Å². The van der Waals surface area contributed by atoms with Gasteiger partial charge in [0.05, 0.1) is 37.2 Å². The Balaban J connectivity index is 1.05. The molecule has 12 rings (SSSR count). The van der Waals surface area contributed by atoms with Gasteiger partial charge in [-0.3, -0.25) is 28.1 Å². The van der Waals surface area contributed by atoms with Crippen molar-refractivity contribution in [2.45, 2.75) is 362 Å². The Labute approximate surface area is 623 Å². The van der Waals surface area contributed by atoms with E-state index in [1.807, 2.05) is 0 Å². The number of nitrogens with zero attached hydrogens (tertiary/aromatic N) is 18. The third-order valence-electron chi connectivity index (χ3n) is 22.4. The number of aryl methyl sites for hydroxylation is 6. The lowest BCUT2D eigenvalue weighted by Gasteiger charge is -2.43. The molecule has 0 spiro atoms. The van der Waals surface area contributed by atoms with Gasteiger partial charge in [-0.05, 0) is 108 Å². The Morgan fingerprint density at radius 3 is 0.471 bits per heavy atom. The maximum Gasteiger partial charge on any atom is 0.113 e. The van der Waals surface area contributed by atoms with Crippen molar-refractivity contribution in [2.75, 3.05) is 0 Å². The predicted molar refractivity (Wildman–Crippen MR) is 423 cm³/mol. The van der Waals surface area contributed by atoms with Crippen LogP contribution >= 0.6 is 0 Å². The monoisotopic (exact) mass is 1410 g/mol. The third-order valence-corrected chi connectivity index (χ3v) is 22.4. The van der Waals surface area contributed by atoms with Crippen molar-refractivity contribution in [3.05, 3.63) is 107 Å². The van der Waals surface area contributed by atoms with Gasteiger partial charge < -0.3 is 0 Å². The van der Waals surface area contributed by atoms with Crippen LogP contribution < -0.4 is 0 Å². The van der Waals surface area contributed by atoms with E-state index in [0.717, 1.165) is 145 Å². The fourth-order valence-corrected chi connectivity index (χ4v) is 16.2. The summed E-state index contributed by atoms with van der Waals surface area (Å²) in [6.07, 6.45) is 65.0. The molecule has 0 fully saturated rings. The topological polar surface area (TPSA) is 184 Å². The Kier molecular flexibility index (Phi) is 31.3. The molecule has 0 N–H and O–H groups in total. The van der Waals surface area contributed by atoms with Crippen molar-refractivity contribution in [1.82, 2.24) is 90.0 Å². The van der Waals surface area contributed by atoms with Crippen LogP contribution in [-0.4, -0.2) is 90.0 Å². The zero-order valence-electron chi connectivity index (χ0n) is 65.1. The van der Waals surface area contributed by atoms with Crippen molar-refractivity contribution >= 4 is 0 Å². The van der Waals surface area contributed by atoms with Gasteiger partial charge in [0.1, 0.15) is 34.2 Å². The molecule has 6 aromatic heterocycles. The lowest BCUT2D eigenvalue weighted by Crippen LogP contribution is -2.28. The maximum atomic E-state index is 5.07. The van der Waals surface area contributed by atoms with Crippen LogP contribution in [-0.2, 0) is 39.3 Å². The molecule has 0 atom stereocenters. The van der Waals surface area contributed by atoms with Gasteiger partial charge in [0, 0.05) is 84.5 Å². The van der Waals surface area contributed by atoms with Crippen LogP contribution in [0.4, 0.5) is 0 Å². The lowest BCUT2D eigenvalue weighted by molar-refractivity contribution is 0.513. The molecule has 0 radical (unpaired) electrons. The second kappa shape index (κ2) is 42.0. The summed E-state index contributed by atoms with van der Waals surface area (Å²) in [7, 11) is 0. The van der Waals surface area contributed by atoms with Crippen LogP contribution in [0.15, 0.2) is 73.6 Å². The van der Waals surface area contributed by atoms with Gasteiger partial charge in [-0.1, -0.05) is 304 Å². The Hall–Kier alpha value is -7.50. The SMILES string of the molecule is CCCCCCCCCn1cc(-c2cc3c(cc2-c2cn(CCCCCCCCC)nn2)C2c4cc(-c5cn(CCCCCCCCC)nn5)c(-c5cn(CCCCCCCCC)nn5)cc4C3c3cc(-c4cn(CCCCCCCCC)nn4)c(-c4cn(CCCCCCCCC)nn4)cc32)nn1. The van der Waals surface area contributed by atoms with E-state index in [1.165, 1.54) is 265 Å². The highest BCUT2D eigenvalue weighted by molar-refractivity contribution is 5.89. The first-order chi connectivity index (χ1) is 51.4. The van der Waals surface area contributed by atoms with Gasteiger partial charge in [-0.15, -0.1) is 30.6 Å². The van der Waals surface area contributed by atoms with Crippen molar-refractivity contribution < 1.29 is 0 Å². The Morgan fingerprint density at radius 1 is 0.192 bits per heavy atom. The summed E-state index contributed by atoms with van der Waals surface area (Å²) in [5, 5.41) is 59.7. The van der Waals surface area contributed by atoms with Gasteiger partial charge in [-0.2, -0.15) is 0 Å². The van der Waals surface area contributed by atoms with Gasteiger partial charge in [0.15, 0.2) is 0 Å². The van der Waals surface area contributed by atoms with Gasteiger partial charge >= 0.3 is 0 Å². The smallest absolute Gasteiger partial charge is 0.113 e. The summed E-state index contributed by atoms with van der Waals surface area (Å²) in [6, 6.07) is 14.7. The molecule has 9 aromatic rings. The highest BCUT2D eigenvalue weighted by Crippen LogP contribution is 2.60. The largest absolute Gasteiger partial charge is 0.252 e. The van der Waals surface area contributed by atoms with Crippen LogP contribution in [0.5, 0.6) is 0 Å². The standard InChI is InChI=1S/C86H128N18/c1-7-13-19-25-31-37-43-49-99-61-79(87-93-99)67-55-73-74(56-68(67)80-62-100(94-88-80)50-44-38-32-26-20-14-8-2)86-77-59-71(83-65-103(97-91-83)53-47-41-35-29-23-17-11-5)69(81-63-101(95-89-81)51-45-39-33-27-21-15-9-3)57-75(77)85(73)76-58-70(82-64-102(96-90-82)52-46-40-34-28-22-16-10-4)72(60-78(76)86)84-66-104(98-92-84)54-48-42-36-30-24-18-12-6/h55-66,85-86H,7-54H2,1-6H3. The van der Waals surface area contributed by atoms with Crippen molar-refractivity contribution in [1.29, 1.82) is 0 Å².